The molecule has 6 nitrogen and oxygen atoms in total. The van der Waals surface area contributed by atoms with E-state index in [0.717, 1.165) is 122 Å². The van der Waals surface area contributed by atoms with Crippen LogP contribution < -0.4 is 0 Å². The van der Waals surface area contributed by atoms with E-state index in [1.54, 1.807) is 0 Å². The van der Waals surface area contributed by atoms with Gasteiger partial charge >= 0.3 is 20.1 Å². The molecular weight excluding hydrogens is 1330 g/mol. The second kappa shape index (κ2) is 37.8. The minimum Gasteiger partial charge on any atom is -0.501 e. The fraction of sp³-hybridized carbons (Fsp3) is 0.414. The van der Waals surface area contributed by atoms with E-state index in [1.807, 2.05) is 36.8 Å². The van der Waals surface area contributed by atoms with Crippen molar-refractivity contribution in [3.63, 3.8) is 0 Å². The average molecular weight is 1430 g/mol. The van der Waals surface area contributed by atoms with Crippen LogP contribution in [0.1, 0.15) is 229 Å². The maximum Gasteiger partial charge on any atom is 3.00 e. The molecule has 0 fully saturated rings. The molecule has 0 bridgehead atoms. The molecule has 0 aliphatic rings. The van der Waals surface area contributed by atoms with Crippen LogP contribution in [-0.4, -0.2) is 15.0 Å². The molecule has 0 radical (unpaired) electrons. The number of unbranched alkanes of at least 4 members (excludes halogenated alkanes) is 18. The number of benzene rings is 6. The van der Waals surface area contributed by atoms with Gasteiger partial charge in [-0.05, 0) is 147 Å². The second-order valence-electron chi connectivity index (χ2n) is 26.1. The molecule has 0 N–H and O–H groups in total. The third kappa shape index (κ3) is 19.3. The zero-order chi connectivity index (χ0) is 64.4. The van der Waals surface area contributed by atoms with Crippen molar-refractivity contribution < 1.29 is 33.4 Å². The number of rotatable bonds is 33. The molecule has 492 valence electrons. The predicted octanol–water partition coefficient (Wildman–Crippen LogP) is 26.1. The van der Waals surface area contributed by atoms with Gasteiger partial charge in [0.25, 0.3) is 0 Å². The number of furan rings is 3. The number of nitrogens with zero attached hydrogens (tertiary/aromatic N) is 3. The number of aryl methyl sites for hydroxylation is 6. The number of hydrogen-bond donors (Lipinski definition) is 0. The molecule has 12 aromatic rings. The second-order valence-corrected chi connectivity index (χ2v) is 26.1. The number of hydrogen-bond acceptors (Lipinski definition) is 6. The van der Waals surface area contributed by atoms with Crippen LogP contribution in [0.5, 0.6) is 0 Å². The summed E-state index contributed by atoms with van der Waals surface area (Å²) in [6.45, 7) is 13.5. The van der Waals surface area contributed by atoms with Gasteiger partial charge in [-0.3, -0.25) is 0 Å². The summed E-state index contributed by atoms with van der Waals surface area (Å²) in [6.07, 6.45) is 43.4. The van der Waals surface area contributed by atoms with Crippen molar-refractivity contribution in [1.82, 2.24) is 15.0 Å². The molecule has 12 rings (SSSR count). The first-order valence-corrected chi connectivity index (χ1v) is 36.3. The number of aromatic nitrogens is 3. The topological polar surface area (TPSA) is 78.1 Å². The van der Waals surface area contributed by atoms with Crippen molar-refractivity contribution in [3.05, 3.63) is 198 Å². The predicted molar refractivity (Wildman–Crippen MR) is 394 cm³/mol. The summed E-state index contributed by atoms with van der Waals surface area (Å²) in [5, 5.41) is 6.97. The van der Waals surface area contributed by atoms with Gasteiger partial charge in [0.05, 0.1) is 16.7 Å². The van der Waals surface area contributed by atoms with Gasteiger partial charge < -0.3 is 28.2 Å². The van der Waals surface area contributed by atoms with Crippen LogP contribution in [0.15, 0.2) is 159 Å². The normalized spacial score (nSPS) is 11.4. The standard InChI is InChI=1S/3C29H34NO.Ir/c3*1-3-5-7-8-9-10-13-23-18-19-30-27(20-23)26-15-11-14-25-24-17-16-22(12-6-4-2)21-28(24)31-29(25)26;/h3*11,14,16-21H,3-10,12-13H2,1-2H3;/q3*-1;+3. The zero-order valence-corrected chi connectivity index (χ0v) is 59.9. The quantitative estimate of drug-likeness (QED) is 0.0301. The van der Waals surface area contributed by atoms with Gasteiger partial charge in [-0.15, -0.1) is 54.6 Å². The Morgan fingerprint density at radius 2 is 0.521 bits per heavy atom. The Labute approximate surface area is 575 Å². The maximum absolute atomic E-state index is 6.36. The molecule has 0 amide bonds. The van der Waals surface area contributed by atoms with E-state index >= 15 is 0 Å². The van der Waals surface area contributed by atoms with Crippen molar-refractivity contribution in [2.45, 2.75) is 234 Å². The fourth-order valence-electron chi connectivity index (χ4n) is 13.2. The van der Waals surface area contributed by atoms with Crippen molar-refractivity contribution in [3.8, 4) is 33.8 Å². The summed E-state index contributed by atoms with van der Waals surface area (Å²) in [5.74, 6) is 0. The first-order chi connectivity index (χ1) is 45.9. The molecule has 0 unspecified atom stereocenters. The molecule has 0 aliphatic heterocycles. The Kier molecular flexibility index (Phi) is 28.6. The third-order valence-electron chi connectivity index (χ3n) is 18.6. The SMILES string of the molecule is CCCCCCCCc1ccnc(-c2[c-]ccc3c2oc2cc(CCCC)ccc23)c1.CCCCCCCCc1ccnc(-c2[c-]ccc3c2oc2cc(CCCC)ccc23)c1.CCCCCCCCc1ccnc(-c2[c-]ccc3c2oc2cc(CCCC)ccc23)c1.[Ir+3]. The van der Waals surface area contributed by atoms with Gasteiger partial charge in [-0.25, -0.2) is 0 Å². The van der Waals surface area contributed by atoms with E-state index in [-0.39, 0.29) is 20.1 Å². The van der Waals surface area contributed by atoms with Crippen LogP contribution in [0.4, 0.5) is 0 Å². The fourth-order valence-corrected chi connectivity index (χ4v) is 13.2. The van der Waals surface area contributed by atoms with E-state index in [0.29, 0.717) is 0 Å². The number of fused-ring (bicyclic) bond motifs is 9. The summed E-state index contributed by atoms with van der Waals surface area (Å²) in [7, 11) is 0. The van der Waals surface area contributed by atoms with Crippen LogP contribution in [-0.2, 0) is 58.6 Å². The Hall–Kier alpha value is -7.18. The summed E-state index contributed by atoms with van der Waals surface area (Å²) in [6, 6.07) is 55.6. The Morgan fingerprint density at radius 3 is 0.809 bits per heavy atom. The first kappa shape index (κ1) is 71.1. The van der Waals surface area contributed by atoms with Crippen LogP contribution >= 0.6 is 0 Å². The van der Waals surface area contributed by atoms with Gasteiger partial charge in [0, 0.05) is 34.7 Å². The summed E-state index contributed by atoms with van der Waals surface area (Å²) < 4.78 is 19.1. The van der Waals surface area contributed by atoms with Crippen molar-refractivity contribution in [1.29, 1.82) is 0 Å². The molecule has 0 saturated heterocycles. The monoisotopic (exact) mass is 1430 g/mol. The molecular formula is C87H102IrN3O3. The Balaban J connectivity index is 0.000000165. The molecule has 0 saturated carbocycles. The molecule has 7 heteroatoms. The molecule has 0 spiro atoms. The van der Waals surface area contributed by atoms with Crippen molar-refractivity contribution >= 4 is 65.8 Å². The molecule has 0 aliphatic carbocycles. The molecule has 6 aromatic carbocycles. The molecule has 94 heavy (non-hydrogen) atoms. The van der Waals surface area contributed by atoms with Crippen LogP contribution in [0.25, 0.3) is 99.6 Å². The van der Waals surface area contributed by atoms with Gasteiger partial charge in [0.1, 0.15) is 16.7 Å². The molecule has 6 aromatic heterocycles. The minimum atomic E-state index is 0. The summed E-state index contributed by atoms with van der Waals surface area (Å²) in [5.41, 5.74) is 19.4. The molecule has 6 heterocycles. The smallest absolute Gasteiger partial charge is 0.501 e. The van der Waals surface area contributed by atoms with Crippen LogP contribution in [0, 0.1) is 18.2 Å². The van der Waals surface area contributed by atoms with Gasteiger partial charge in [0.2, 0.25) is 0 Å². The Morgan fingerprint density at radius 1 is 0.266 bits per heavy atom. The summed E-state index contributed by atoms with van der Waals surface area (Å²) >= 11 is 0. The third-order valence-corrected chi connectivity index (χ3v) is 18.6. The van der Waals surface area contributed by atoms with Crippen molar-refractivity contribution in [2.24, 2.45) is 0 Å². The van der Waals surface area contributed by atoms with E-state index in [2.05, 4.69) is 184 Å². The summed E-state index contributed by atoms with van der Waals surface area (Å²) in [4.78, 5) is 14.0. The van der Waals surface area contributed by atoms with Gasteiger partial charge in [-0.1, -0.05) is 261 Å². The van der Waals surface area contributed by atoms with E-state index in [4.69, 9.17) is 13.3 Å². The van der Waals surface area contributed by atoms with Crippen molar-refractivity contribution in [2.75, 3.05) is 0 Å². The number of pyridine rings is 3. The van der Waals surface area contributed by atoms with Gasteiger partial charge in [0.15, 0.2) is 0 Å². The zero-order valence-electron chi connectivity index (χ0n) is 57.5. The first-order valence-electron chi connectivity index (χ1n) is 36.3. The van der Waals surface area contributed by atoms with Crippen LogP contribution in [0.2, 0.25) is 0 Å². The van der Waals surface area contributed by atoms with E-state index < -0.39 is 0 Å². The molecule has 0 atom stereocenters. The van der Waals surface area contributed by atoms with E-state index in [9.17, 15) is 0 Å². The van der Waals surface area contributed by atoms with Crippen LogP contribution in [0.3, 0.4) is 0 Å². The van der Waals surface area contributed by atoms with E-state index in [1.165, 1.54) is 204 Å². The maximum atomic E-state index is 6.36. The van der Waals surface area contributed by atoms with Gasteiger partial charge in [-0.2, -0.15) is 0 Å². The largest absolute Gasteiger partial charge is 3.00 e. The average Bonchev–Trinajstić information content (AvgIpc) is 1.65. The minimum absolute atomic E-state index is 0. The Bertz CT molecular complexity index is 3810.